The molecule has 1 heteroatoms. The van der Waals surface area contributed by atoms with Crippen LogP contribution in [0.1, 0.15) is 20.3 Å². The van der Waals surface area contributed by atoms with Crippen LogP contribution in [-0.2, 0) is 0 Å². The summed E-state index contributed by atoms with van der Waals surface area (Å²) in [7, 11) is 0. The lowest BCUT2D eigenvalue weighted by atomic mass is 10.4. The van der Waals surface area contributed by atoms with Crippen molar-refractivity contribution in [1.29, 1.82) is 0 Å². The standard InChI is InChI=1S/C7H11F/c1-3-5-7(8)6-4-2/h3,5-6H,4H2,1-2H3/b5-3-,7-6+. The molecule has 0 nitrogen and oxygen atoms in total. The Morgan fingerprint density at radius 3 is 2.62 bits per heavy atom. The normalized spacial score (nSPS) is 13.1. The Balaban J connectivity index is 3.61. The van der Waals surface area contributed by atoms with E-state index < -0.39 is 0 Å². The minimum Gasteiger partial charge on any atom is -0.207 e. The molecule has 0 aliphatic heterocycles. The second kappa shape index (κ2) is 4.57. The lowest BCUT2D eigenvalue weighted by Crippen LogP contribution is -1.61. The van der Waals surface area contributed by atoms with Gasteiger partial charge in [0.25, 0.3) is 0 Å². The fraction of sp³-hybridized carbons (Fsp3) is 0.429. The summed E-state index contributed by atoms with van der Waals surface area (Å²) in [5.41, 5.74) is 0. The zero-order chi connectivity index (χ0) is 6.41. The van der Waals surface area contributed by atoms with Gasteiger partial charge in [-0.25, -0.2) is 4.39 Å². The summed E-state index contributed by atoms with van der Waals surface area (Å²) in [6.07, 6.45) is 5.43. The Bertz CT molecular complexity index is 101. The first-order chi connectivity index (χ1) is 3.81. The van der Waals surface area contributed by atoms with Crippen molar-refractivity contribution in [2.45, 2.75) is 20.3 Å². The maximum Gasteiger partial charge on any atom is 0.118 e. The number of halogens is 1. The van der Waals surface area contributed by atoms with Crippen molar-refractivity contribution in [1.82, 2.24) is 0 Å². The molecule has 0 bridgehead atoms. The lowest BCUT2D eigenvalue weighted by molar-refractivity contribution is 0.661. The average Bonchev–Trinajstić information content (AvgIpc) is 1.68. The third-order valence-electron chi connectivity index (χ3n) is 0.725. The van der Waals surface area contributed by atoms with Gasteiger partial charge in [-0.15, -0.1) is 0 Å². The second-order valence-corrected chi connectivity index (χ2v) is 1.50. The summed E-state index contributed by atoms with van der Waals surface area (Å²) in [4.78, 5) is 0. The molecule has 0 saturated carbocycles. The van der Waals surface area contributed by atoms with Crippen LogP contribution in [0.4, 0.5) is 4.39 Å². The van der Waals surface area contributed by atoms with Gasteiger partial charge >= 0.3 is 0 Å². The Kier molecular flexibility index (Phi) is 4.23. The van der Waals surface area contributed by atoms with Gasteiger partial charge < -0.3 is 0 Å². The van der Waals surface area contributed by atoms with E-state index >= 15 is 0 Å². The minimum atomic E-state index is -0.144. The predicted molar refractivity (Wildman–Crippen MR) is 34.3 cm³/mol. The van der Waals surface area contributed by atoms with E-state index in [1.165, 1.54) is 6.08 Å². The molecule has 46 valence electrons. The van der Waals surface area contributed by atoms with Crippen LogP contribution in [0.2, 0.25) is 0 Å². The molecule has 0 atom stereocenters. The largest absolute Gasteiger partial charge is 0.207 e. The SMILES string of the molecule is C/C=C\C(F)=C/CC. The molecule has 0 aromatic carbocycles. The monoisotopic (exact) mass is 114 g/mol. The molecule has 0 fully saturated rings. The number of rotatable bonds is 2. The van der Waals surface area contributed by atoms with Gasteiger partial charge in [-0.1, -0.05) is 13.0 Å². The fourth-order valence-electron chi connectivity index (χ4n) is 0.422. The van der Waals surface area contributed by atoms with E-state index in [2.05, 4.69) is 0 Å². The van der Waals surface area contributed by atoms with Crippen molar-refractivity contribution >= 4 is 0 Å². The van der Waals surface area contributed by atoms with Crippen LogP contribution in [0.5, 0.6) is 0 Å². The highest BCUT2D eigenvalue weighted by molar-refractivity contribution is 5.09. The summed E-state index contributed by atoms with van der Waals surface area (Å²) >= 11 is 0. The summed E-state index contributed by atoms with van der Waals surface area (Å²) < 4.78 is 12.2. The third kappa shape index (κ3) is 3.59. The number of hydrogen-bond donors (Lipinski definition) is 0. The lowest BCUT2D eigenvalue weighted by Gasteiger charge is -1.80. The van der Waals surface area contributed by atoms with E-state index in [9.17, 15) is 4.39 Å². The third-order valence-corrected chi connectivity index (χ3v) is 0.725. The van der Waals surface area contributed by atoms with Gasteiger partial charge in [0.2, 0.25) is 0 Å². The van der Waals surface area contributed by atoms with Gasteiger partial charge in [-0.3, -0.25) is 0 Å². The summed E-state index contributed by atoms with van der Waals surface area (Å²) in [6, 6.07) is 0. The topological polar surface area (TPSA) is 0 Å². The smallest absolute Gasteiger partial charge is 0.118 e. The van der Waals surface area contributed by atoms with E-state index in [0.717, 1.165) is 6.42 Å². The van der Waals surface area contributed by atoms with Crippen molar-refractivity contribution < 1.29 is 4.39 Å². The van der Waals surface area contributed by atoms with Crippen LogP contribution in [-0.4, -0.2) is 0 Å². The minimum absolute atomic E-state index is 0.144. The van der Waals surface area contributed by atoms with Gasteiger partial charge in [0.05, 0.1) is 0 Å². The van der Waals surface area contributed by atoms with Gasteiger partial charge in [-0.05, 0) is 25.5 Å². The molecule has 0 aliphatic carbocycles. The van der Waals surface area contributed by atoms with E-state index in [-0.39, 0.29) is 5.83 Å². The Morgan fingerprint density at radius 2 is 2.25 bits per heavy atom. The Hall–Kier alpha value is -0.590. The first-order valence-corrected chi connectivity index (χ1v) is 2.79. The second-order valence-electron chi connectivity index (χ2n) is 1.50. The van der Waals surface area contributed by atoms with Crippen LogP contribution < -0.4 is 0 Å². The van der Waals surface area contributed by atoms with Gasteiger partial charge in [0.1, 0.15) is 5.83 Å². The Labute approximate surface area is 49.7 Å². The highest BCUT2D eigenvalue weighted by Gasteiger charge is 1.79. The molecule has 0 N–H and O–H groups in total. The first-order valence-electron chi connectivity index (χ1n) is 2.79. The molecule has 0 rings (SSSR count). The highest BCUT2D eigenvalue weighted by Crippen LogP contribution is 1.98. The molecule has 0 saturated heterocycles. The van der Waals surface area contributed by atoms with Crippen molar-refractivity contribution in [2.75, 3.05) is 0 Å². The zero-order valence-corrected chi connectivity index (χ0v) is 5.32. The quantitative estimate of drug-likeness (QED) is 0.484. The van der Waals surface area contributed by atoms with E-state index in [4.69, 9.17) is 0 Å². The first kappa shape index (κ1) is 7.41. The molecule has 0 amide bonds. The van der Waals surface area contributed by atoms with Crippen molar-refractivity contribution in [2.24, 2.45) is 0 Å². The maximum absolute atomic E-state index is 12.2. The van der Waals surface area contributed by atoms with Crippen LogP contribution >= 0.6 is 0 Å². The molecule has 0 aromatic heterocycles. The average molecular weight is 114 g/mol. The molecule has 0 aromatic rings. The van der Waals surface area contributed by atoms with Crippen molar-refractivity contribution in [3.63, 3.8) is 0 Å². The molecule has 0 radical (unpaired) electrons. The number of hydrogen-bond acceptors (Lipinski definition) is 0. The molecule has 0 unspecified atom stereocenters. The van der Waals surface area contributed by atoms with Crippen LogP contribution in [0.25, 0.3) is 0 Å². The van der Waals surface area contributed by atoms with Crippen LogP contribution in [0.3, 0.4) is 0 Å². The van der Waals surface area contributed by atoms with Gasteiger partial charge in [0, 0.05) is 0 Å². The molecule has 0 heterocycles. The van der Waals surface area contributed by atoms with Crippen LogP contribution in [0, 0.1) is 0 Å². The molecular weight excluding hydrogens is 103 g/mol. The summed E-state index contributed by atoms with van der Waals surface area (Å²) in [5, 5.41) is 0. The van der Waals surface area contributed by atoms with E-state index in [1.807, 2.05) is 6.92 Å². The van der Waals surface area contributed by atoms with Gasteiger partial charge in [0.15, 0.2) is 0 Å². The fourth-order valence-corrected chi connectivity index (χ4v) is 0.422. The van der Waals surface area contributed by atoms with E-state index in [0.29, 0.717) is 0 Å². The highest BCUT2D eigenvalue weighted by atomic mass is 19.1. The molecule has 0 spiro atoms. The van der Waals surface area contributed by atoms with Crippen molar-refractivity contribution in [3.05, 3.63) is 24.1 Å². The Morgan fingerprint density at radius 1 is 1.62 bits per heavy atom. The molecule has 0 aliphatic rings. The zero-order valence-electron chi connectivity index (χ0n) is 5.32. The summed E-state index contributed by atoms with van der Waals surface area (Å²) in [6.45, 7) is 3.70. The maximum atomic E-state index is 12.2. The van der Waals surface area contributed by atoms with Crippen LogP contribution in [0.15, 0.2) is 24.1 Å². The summed E-state index contributed by atoms with van der Waals surface area (Å²) in [5.74, 6) is -0.144. The molecular formula is C7H11F. The van der Waals surface area contributed by atoms with Gasteiger partial charge in [-0.2, -0.15) is 0 Å². The van der Waals surface area contributed by atoms with E-state index in [1.54, 1.807) is 19.1 Å². The predicted octanol–water partition coefficient (Wildman–Crippen LogP) is 2.83. The molecule has 8 heavy (non-hydrogen) atoms. The number of allylic oxidation sites excluding steroid dienone is 4. The van der Waals surface area contributed by atoms with Crippen molar-refractivity contribution in [3.8, 4) is 0 Å².